The average Bonchev–Trinajstić information content (AvgIpc) is 3.63. The fraction of sp³-hybridized carbons (Fsp3) is 0.655. The van der Waals surface area contributed by atoms with Gasteiger partial charge in [-0.15, -0.1) is 0 Å². The molecule has 8 atom stereocenters. The second kappa shape index (κ2) is 9.80. The van der Waals surface area contributed by atoms with Crippen molar-refractivity contribution in [2.75, 3.05) is 19.8 Å². The lowest BCUT2D eigenvalue weighted by Crippen LogP contribution is -2.66. The number of hydrogen-bond donors (Lipinski definition) is 1. The Bertz CT molecular complexity index is 1050. The monoisotopic (exact) mass is 514 g/mol. The van der Waals surface area contributed by atoms with Gasteiger partial charge in [0.1, 0.15) is 18.3 Å². The van der Waals surface area contributed by atoms with Crippen molar-refractivity contribution in [3.8, 4) is 0 Å². The molecule has 3 fully saturated rings. The SMILES string of the molecule is CC1=CC2O[C@@H]3C[C@H]4OC(=O)/C=C\C=C/[C@H](O)[C@H](C)OCC/C(C)=C\C(=O)OCC2(CC1)[C@]4(C)[C@]31CO1. The molecule has 2 spiro atoms. The molecule has 0 radical (unpaired) electrons. The molecular weight excluding hydrogens is 476 g/mol. The molecule has 1 N–H and O–H groups in total. The summed E-state index contributed by atoms with van der Waals surface area (Å²) in [6.07, 6.45) is 10.2. The van der Waals surface area contributed by atoms with Gasteiger partial charge < -0.3 is 28.8 Å². The maximum absolute atomic E-state index is 12.9. The Hall–Kier alpha value is -2.26. The van der Waals surface area contributed by atoms with Crippen LogP contribution >= 0.6 is 0 Å². The van der Waals surface area contributed by atoms with E-state index in [1.165, 1.54) is 17.7 Å². The van der Waals surface area contributed by atoms with Crippen molar-refractivity contribution < 1.29 is 38.4 Å². The summed E-state index contributed by atoms with van der Waals surface area (Å²) in [6.45, 7) is 8.88. The standard InChI is InChI=1S/C29H38O8/c1-18-9-11-28-16-34-26(32)14-19(2)10-12-33-20(3)21(30)7-5-6-8-25(31)37-22-15-24(36-23(28)13-18)29(17-35-29)27(22,28)4/h5-8,13-14,20-24,30H,9-12,15-17H2,1-4H3/b7-5-,8-6-,19-14-/t20-,21-,22+,23?,24+,27+,28?,29-/m0/s1. The summed E-state index contributed by atoms with van der Waals surface area (Å²) in [5, 5.41) is 10.3. The van der Waals surface area contributed by atoms with E-state index in [4.69, 9.17) is 23.7 Å². The van der Waals surface area contributed by atoms with Crippen LogP contribution in [0.5, 0.6) is 0 Å². The summed E-state index contributed by atoms with van der Waals surface area (Å²) in [7, 11) is 0. The Morgan fingerprint density at radius 1 is 1.03 bits per heavy atom. The van der Waals surface area contributed by atoms with Crippen LogP contribution in [0.15, 0.2) is 47.6 Å². The molecule has 202 valence electrons. The Morgan fingerprint density at radius 2 is 1.81 bits per heavy atom. The van der Waals surface area contributed by atoms with E-state index in [0.717, 1.165) is 18.4 Å². The molecule has 1 saturated carbocycles. The Balaban J connectivity index is 1.50. The lowest BCUT2D eigenvalue weighted by molar-refractivity contribution is -0.232. The highest BCUT2D eigenvalue weighted by Gasteiger charge is 2.83. The van der Waals surface area contributed by atoms with Crippen LogP contribution in [0.2, 0.25) is 0 Å². The van der Waals surface area contributed by atoms with Crippen LogP contribution in [0.1, 0.15) is 53.4 Å². The minimum atomic E-state index is -0.839. The number of carbonyl (C=O) groups excluding carboxylic acids is 2. The number of cyclic esters (lactones) is 1. The van der Waals surface area contributed by atoms with Gasteiger partial charge in [0.15, 0.2) is 0 Å². The van der Waals surface area contributed by atoms with E-state index in [1.54, 1.807) is 25.2 Å². The molecular formula is C29H38O8. The fourth-order valence-corrected chi connectivity index (χ4v) is 6.80. The van der Waals surface area contributed by atoms with Crippen molar-refractivity contribution in [3.63, 3.8) is 0 Å². The highest BCUT2D eigenvalue weighted by Crippen LogP contribution is 2.72. The normalized spacial score (nSPS) is 47.6. The summed E-state index contributed by atoms with van der Waals surface area (Å²) in [5.74, 6) is -0.891. The number of aliphatic hydroxyl groups excluding tert-OH is 1. The Labute approximate surface area is 218 Å². The molecule has 5 aliphatic rings. The second-order valence-corrected chi connectivity index (χ2v) is 11.4. The van der Waals surface area contributed by atoms with E-state index < -0.39 is 46.7 Å². The first-order chi connectivity index (χ1) is 17.6. The second-order valence-electron chi connectivity index (χ2n) is 11.4. The molecule has 3 heterocycles. The van der Waals surface area contributed by atoms with Gasteiger partial charge in [0.2, 0.25) is 0 Å². The number of allylic oxidation sites excluding steroid dienone is 3. The van der Waals surface area contributed by atoms with E-state index in [1.807, 2.05) is 6.92 Å². The van der Waals surface area contributed by atoms with Crippen molar-refractivity contribution in [1.29, 1.82) is 0 Å². The molecule has 5 rings (SSSR count). The largest absolute Gasteiger partial charge is 0.462 e. The zero-order chi connectivity index (χ0) is 26.4. The van der Waals surface area contributed by atoms with Gasteiger partial charge in [-0.25, -0.2) is 9.59 Å². The predicted molar refractivity (Wildman–Crippen MR) is 134 cm³/mol. The highest BCUT2D eigenvalue weighted by atomic mass is 16.6. The van der Waals surface area contributed by atoms with Crippen molar-refractivity contribution in [1.82, 2.24) is 0 Å². The summed E-state index contributed by atoms with van der Waals surface area (Å²) in [6, 6.07) is 0. The van der Waals surface area contributed by atoms with Gasteiger partial charge in [0.05, 0.1) is 43.0 Å². The predicted octanol–water partition coefficient (Wildman–Crippen LogP) is 3.34. The number of carbonyl (C=O) groups is 2. The van der Waals surface area contributed by atoms with Crippen LogP contribution in [-0.4, -0.2) is 73.0 Å². The third kappa shape index (κ3) is 4.42. The molecule has 2 unspecified atom stereocenters. The third-order valence-electron chi connectivity index (χ3n) is 9.32. The van der Waals surface area contributed by atoms with Crippen LogP contribution in [0.25, 0.3) is 0 Å². The van der Waals surface area contributed by atoms with Gasteiger partial charge in [0, 0.05) is 24.0 Å². The zero-order valence-corrected chi connectivity index (χ0v) is 22.1. The quantitative estimate of drug-likeness (QED) is 0.298. The number of aliphatic hydroxyl groups is 1. The number of epoxide rings is 1. The van der Waals surface area contributed by atoms with Crippen LogP contribution in [0.3, 0.4) is 0 Å². The van der Waals surface area contributed by atoms with E-state index in [-0.39, 0.29) is 18.8 Å². The first-order valence-electron chi connectivity index (χ1n) is 13.3. The molecule has 0 aromatic carbocycles. The first kappa shape index (κ1) is 26.4. The molecule has 2 aliphatic carbocycles. The number of ether oxygens (including phenoxy) is 5. The molecule has 2 saturated heterocycles. The van der Waals surface area contributed by atoms with E-state index in [9.17, 15) is 14.7 Å². The smallest absolute Gasteiger partial charge is 0.331 e. The van der Waals surface area contributed by atoms with E-state index in [2.05, 4.69) is 19.9 Å². The minimum Gasteiger partial charge on any atom is -0.462 e. The first-order valence-corrected chi connectivity index (χ1v) is 13.3. The van der Waals surface area contributed by atoms with Crippen molar-refractivity contribution in [2.45, 2.75) is 89.5 Å². The van der Waals surface area contributed by atoms with E-state index in [0.29, 0.717) is 26.1 Å². The Kier molecular flexibility index (Phi) is 6.98. The van der Waals surface area contributed by atoms with Crippen LogP contribution < -0.4 is 0 Å². The van der Waals surface area contributed by atoms with Crippen LogP contribution in [0.4, 0.5) is 0 Å². The summed E-state index contributed by atoms with van der Waals surface area (Å²) < 4.78 is 30.5. The van der Waals surface area contributed by atoms with Gasteiger partial charge in [-0.3, -0.25) is 0 Å². The van der Waals surface area contributed by atoms with E-state index >= 15 is 0 Å². The number of hydrogen-bond acceptors (Lipinski definition) is 8. The van der Waals surface area contributed by atoms with Gasteiger partial charge in [-0.1, -0.05) is 42.4 Å². The number of rotatable bonds is 0. The van der Waals surface area contributed by atoms with Gasteiger partial charge in [0.25, 0.3) is 0 Å². The summed E-state index contributed by atoms with van der Waals surface area (Å²) in [4.78, 5) is 25.8. The zero-order valence-electron chi connectivity index (χ0n) is 22.1. The highest BCUT2D eigenvalue weighted by molar-refractivity contribution is 5.83. The molecule has 3 aliphatic heterocycles. The lowest BCUT2D eigenvalue weighted by atomic mass is 9.51. The maximum atomic E-state index is 12.9. The molecule has 8 heteroatoms. The van der Waals surface area contributed by atoms with Crippen molar-refractivity contribution in [2.24, 2.45) is 10.8 Å². The summed E-state index contributed by atoms with van der Waals surface area (Å²) in [5.41, 5.74) is 0.297. The third-order valence-corrected chi connectivity index (χ3v) is 9.32. The van der Waals surface area contributed by atoms with Crippen molar-refractivity contribution >= 4 is 11.9 Å². The lowest BCUT2D eigenvalue weighted by Gasteiger charge is -2.58. The molecule has 37 heavy (non-hydrogen) atoms. The molecule has 8 nitrogen and oxygen atoms in total. The maximum Gasteiger partial charge on any atom is 0.331 e. The average molecular weight is 515 g/mol. The minimum absolute atomic E-state index is 0.144. The van der Waals surface area contributed by atoms with Gasteiger partial charge >= 0.3 is 11.9 Å². The fourth-order valence-electron chi connectivity index (χ4n) is 6.80. The van der Waals surface area contributed by atoms with Crippen LogP contribution in [-0.2, 0) is 33.3 Å². The van der Waals surface area contributed by atoms with Gasteiger partial charge in [-0.2, -0.15) is 0 Å². The molecule has 0 amide bonds. The topological polar surface area (TPSA) is 104 Å². The summed E-state index contributed by atoms with van der Waals surface area (Å²) >= 11 is 0. The van der Waals surface area contributed by atoms with Crippen LogP contribution in [0, 0.1) is 10.8 Å². The van der Waals surface area contributed by atoms with Gasteiger partial charge in [-0.05, 0) is 40.0 Å². The molecule has 2 bridgehead atoms. The molecule has 0 aromatic rings. The molecule has 0 aromatic heterocycles. The Morgan fingerprint density at radius 3 is 2.57 bits per heavy atom. The van der Waals surface area contributed by atoms with Crippen molar-refractivity contribution in [3.05, 3.63) is 47.6 Å². The number of esters is 2.